The summed E-state index contributed by atoms with van der Waals surface area (Å²) in [4.78, 5) is 23.5. The van der Waals surface area contributed by atoms with Gasteiger partial charge in [0.2, 0.25) is 0 Å². The molecule has 0 saturated carbocycles. The smallest absolute Gasteiger partial charge is 0.341 e. The molecule has 134 valence electrons. The van der Waals surface area contributed by atoms with Crippen LogP contribution in [0.2, 0.25) is 0 Å². The maximum atomic E-state index is 12.6. The van der Waals surface area contributed by atoms with Gasteiger partial charge in [-0.05, 0) is 34.5 Å². The SMILES string of the molecule is O=C(O)COc1cccc2ccc(=O)n(Cc3ccc4ccccc4c3)c12. The number of aliphatic carboxylic acids is 1. The van der Waals surface area contributed by atoms with Crippen molar-refractivity contribution < 1.29 is 14.6 Å². The summed E-state index contributed by atoms with van der Waals surface area (Å²) >= 11 is 0. The molecule has 0 amide bonds. The number of fused-ring (bicyclic) bond motifs is 2. The third-order valence-corrected chi connectivity index (χ3v) is 4.48. The third-order valence-electron chi connectivity index (χ3n) is 4.48. The molecule has 0 radical (unpaired) electrons. The highest BCUT2D eigenvalue weighted by molar-refractivity contribution is 5.86. The Labute approximate surface area is 155 Å². The number of hydrogen-bond donors (Lipinski definition) is 1. The molecule has 0 aliphatic rings. The zero-order valence-electron chi connectivity index (χ0n) is 14.5. The number of ether oxygens (including phenoxy) is 1. The molecule has 27 heavy (non-hydrogen) atoms. The fourth-order valence-corrected chi connectivity index (χ4v) is 3.26. The highest BCUT2D eigenvalue weighted by Gasteiger charge is 2.11. The van der Waals surface area contributed by atoms with E-state index in [0.717, 1.165) is 21.7 Å². The van der Waals surface area contributed by atoms with Crippen molar-refractivity contribution in [1.82, 2.24) is 4.57 Å². The zero-order chi connectivity index (χ0) is 18.8. The molecule has 0 bridgehead atoms. The van der Waals surface area contributed by atoms with Crippen LogP contribution in [0.1, 0.15) is 5.56 Å². The number of para-hydroxylation sites is 1. The van der Waals surface area contributed by atoms with Gasteiger partial charge in [0.15, 0.2) is 6.61 Å². The normalized spacial score (nSPS) is 11.0. The monoisotopic (exact) mass is 359 g/mol. The minimum atomic E-state index is -1.06. The van der Waals surface area contributed by atoms with E-state index in [4.69, 9.17) is 9.84 Å². The van der Waals surface area contributed by atoms with Crippen molar-refractivity contribution in [3.8, 4) is 5.75 Å². The van der Waals surface area contributed by atoms with E-state index in [0.29, 0.717) is 17.8 Å². The number of carboxylic acids is 1. The van der Waals surface area contributed by atoms with E-state index in [-0.39, 0.29) is 5.56 Å². The molecule has 0 unspecified atom stereocenters. The summed E-state index contributed by atoms with van der Waals surface area (Å²) in [5.41, 5.74) is 1.41. The molecule has 0 aliphatic carbocycles. The van der Waals surface area contributed by atoms with Gasteiger partial charge < -0.3 is 14.4 Å². The Morgan fingerprint density at radius 2 is 1.63 bits per heavy atom. The van der Waals surface area contributed by atoms with Crippen LogP contribution in [0.4, 0.5) is 0 Å². The molecule has 0 fully saturated rings. The van der Waals surface area contributed by atoms with E-state index in [1.807, 2.05) is 42.5 Å². The van der Waals surface area contributed by atoms with E-state index in [1.54, 1.807) is 22.8 Å². The van der Waals surface area contributed by atoms with Crippen molar-refractivity contribution >= 4 is 27.6 Å². The lowest BCUT2D eigenvalue weighted by Crippen LogP contribution is -2.21. The van der Waals surface area contributed by atoms with Crippen LogP contribution >= 0.6 is 0 Å². The summed E-state index contributed by atoms with van der Waals surface area (Å²) < 4.78 is 7.05. The second-order valence-electron chi connectivity index (χ2n) is 6.32. The first kappa shape index (κ1) is 16.8. The van der Waals surface area contributed by atoms with Gasteiger partial charge in [0.05, 0.1) is 12.1 Å². The van der Waals surface area contributed by atoms with E-state index >= 15 is 0 Å². The van der Waals surface area contributed by atoms with Crippen LogP contribution in [0.3, 0.4) is 0 Å². The summed E-state index contributed by atoms with van der Waals surface area (Å²) in [5.74, 6) is -0.681. The number of aromatic nitrogens is 1. The maximum absolute atomic E-state index is 12.6. The van der Waals surface area contributed by atoms with Crippen molar-refractivity contribution in [2.45, 2.75) is 6.54 Å². The highest BCUT2D eigenvalue weighted by Crippen LogP contribution is 2.25. The van der Waals surface area contributed by atoms with Gasteiger partial charge in [-0.25, -0.2) is 4.79 Å². The van der Waals surface area contributed by atoms with Gasteiger partial charge >= 0.3 is 5.97 Å². The molecule has 1 aromatic heterocycles. The predicted molar refractivity (Wildman–Crippen MR) is 104 cm³/mol. The molecule has 5 heteroatoms. The summed E-state index contributed by atoms with van der Waals surface area (Å²) in [6.45, 7) is -0.0906. The second kappa shape index (κ2) is 6.96. The summed E-state index contributed by atoms with van der Waals surface area (Å²) in [6, 6.07) is 22.7. The van der Waals surface area contributed by atoms with E-state index in [2.05, 4.69) is 6.07 Å². The number of pyridine rings is 1. The molecule has 0 atom stereocenters. The first-order valence-corrected chi connectivity index (χ1v) is 8.57. The van der Waals surface area contributed by atoms with E-state index < -0.39 is 12.6 Å². The second-order valence-corrected chi connectivity index (χ2v) is 6.32. The number of carbonyl (C=O) groups is 1. The van der Waals surface area contributed by atoms with E-state index in [9.17, 15) is 9.59 Å². The van der Waals surface area contributed by atoms with Gasteiger partial charge in [-0.15, -0.1) is 0 Å². The average Bonchev–Trinajstić information content (AvgIpc) is 2.68. The average molecular weight is 359 g/mol. The van der Waals surface area contributed by atoms with Crippen LogP contribution in [0, 0.1) is 0 Å². The zero-order valence-corrected chi connectivity index (χ0v) is 14.5. The van der Waals surface area contributed by atoms with Crippen molar-refractivity contribution in [1.29, 1.82) is 0 Å². The minimum Gasteiger partial charge on any atom is -0.480 e. The number of carboxylic acid groups (broad SMARTS) is 1. The summed E-state index contributed by atoms with van der Waals surface area (Å²) in [5, 5.41) is 12.0. The number of hydrogen-bond acceptors (Lipinski definition) is 3. The quantitative estimate of drug-likeness (QED) is 0.590. The van der Waals surface area contributed by atoms with Crippen LogP contribution in [0.15, 0.2) is 77.6 Å². The van der Waals surface area contributed by atoms with Gasteiger partial charge in [-0.2, -0.15) is 0 Å². The molecule has 1 N–H and O–H groups in total. The molecule has 4 aromatic rings. The van der Waals surface area contributed by atoms with Crippen LogP contribution < -0.4 is 10.3 Å². The predicted octanol–water partition coefficient (Wildman–Crippen LogP) is 3.67. The number of rotatable bonds is 5. The Morgan fingerprint density at radius 1 is 0.889 bits per heavy atom. The molecular weight excluding hydrogens is 342 g/mol. The Morgan fingerprint density at radius 3 is 2.44 bits per heavy atom. The Balaban J connectivity index is 1.82. The Bertz CT molecular complexity index is 1210. The fourth-order valence-electron chi connectivity index (χ4n) is 3.26. The van der Waals surface area contributed by atoms with Gasteiger partial charge in [0.1, 0.15) is 5.75 Å². The van der Waals surface area contributed by atoms with Crippen molar-refractivity contribution in [3.63, 3.8) is 0 Å². The molecule has 1 heterocycles. The minimum absolute atomic E-state index is 0.165. The van der Waals surface area contributed by atoms with Crippen LogP contribution in [-0.4, -0.2) is 22.2 Å². The Kier molecular flexibility index (Phi) is 4.34. The molecule has 4 rings (SSSR count). The highest BCUT2D eigenvalue weighted by atomic mass is 16.5. The summed E-state index contributed by atoms with van der Waals surface area (Å²) in [6.07, 6.45) is 0. The van der Waals surface area contributed by atoms with Crippen LogP contribution in [0.25, 0.3) is 21.7 Å². The first-order chi connectivity index (χ1) is 13.1. The maximum Gasteiger partial charge on any atom is 0.341 e. The standard InChI is InChI=1S/C22H17NO4/c24-20-11-10-17-6-3-7-19(27-14-21(25)26)22(17)23(20)13-15-8-9-16-4-1-2-5-18(16)12-15/h1-12H,13-14H2,(H,25,26). The lowest BCUT2D eigenvalue weighted by Gasteiger charge is -2.14. The number of benzene rings is 3. The molecule has 0 aliphatic heterocycles. The summed E-state index contributed by atoms with van der Waals surface area (Å²) in [7, 11) is 0. The van der Waals surface area contributed by atoms with Gasteiger partial charge in [-0.1, -0.05) is 48.5 Å². The molecule has 3 aromatic carbocycles. The lowest BCUT2D eigenvalue weighted by molar-refractivity contribution is -0.139. The van der Waals surface area contributed by atoms with Crippen LogP contribution in [0.5, 0.6) is 5.75 Å². The van der Waals surface area contributed by atoms with Crippen molar-refractivity contribution in [3.05, 3.63) is 88.7 Å². The molecule has 5 nitrogen and oxygen atoms in total. The molecular formula is C22H17NO4. The van der Waals surface area contributed by atoms with Crippen molar-refractivity contribution in [2.75, 3.05) is 6.61 Å². The van der Waals surface area contributed by atoms with Crippen molar-refractivity contribution in [2.24, 2.45) is 0 Å². The van der Waals surface area contributed by atoms with Gasteiger partial charge in [-0.3, -0.25) is 4.79 Å². The number of nitrogens with zero attached hydrogens (tertiary/aromatic N) is 1. The lowest BCUT2D eigenvalue weighted by atomic mass is 10.1. The van der Waals surface area contributed by atoms with Gasteiger partial charge in [0, 0.05) is 11.5 Å². The third kappa shape index (κ3) is 3.40. The Hall–Kier alpha value is -3.60. The largest absolute Gasteiger partial charge is 0.480 e. The van der Waals surface area contributed by atoms with Gasteiger partial charge in [0.25, 0.3) is 5.56 Å². The van der Waals surface area contributed by atoms with E-state index in [1.165, 1.54) is 6.07 Å². The van der Waals surface area contributed by atoms with Crippen LogP contribution in [-0.2, 0) is 11.3 Å². The topological polar surface area (TPSA) is 68.5 Å². The fraction of sp³-hybridized carbons (Fsp3) is 0.0909. The molecule has 0 saturated heterocycles. The molecule has 0 spiro atoms. The first-order valence-electron chi connectivity index (χ1n) is 8.57.